The highest BCUT2D eigenvalue weighted by molar-refractivity contribution is 5.91. The molecule has 0 bridgehead atoms. The van der Waals surface area contributed by atoms with Gasteiger partial charge in [-0.25, -0.2) is 0 Å². The van der Waals surface area contributed by atoms with Crippen molar-refractivity contribution in [2.24, 2.45) is 0 Å². The summed E-state index contributed by atoms with van der Waals surface area (Å²) in [4.78, 5) is 22.1. The highest BCUT2D eigenvalue weighted by Gasteiger charge is 2.07. The van der Waals surface area contributed by atoms with Crippen LogP contribution >= 0.6 is 0 Å². The van der Waals surface area contributed by atoms with Crippen LogP contribution in [0.1, 0.15) is 5.69 Å². The van der Waals surface area contributed by atoms with Gasteiger partial charge in [-0.15, -0.1) is 0 Å². The summed E-state index contributed by atoms with van der Waals surface area (Å²) >= 11 is 0. The molecule has 8 nitrogen and oxygen atoms in total. The zero-order chi connectivity index (χ0) is 13.0. The quantitative estimate of drug-likeness (QED) is 0.683. The predicted molar refractivity (Wildman–Crippen MR) is 60.8 cm³/mol. The maximum Gasteiger partial charge on any atom is 0.325 e. The Morgan fingerprint density at radius 3 is 3.00 bits per heavy atom. The molecule has 0 fully saturated rings. The van der Waals surface area contributed by atoms with E-state index in [0.717, 1.165) is 0 Å². The number of nitrogens with zero attached hydrogens (tertiary/aromatic N) is 3. The largest absolute Gasteiger partial charge is 0.480 e. The molecule has 0 saturated carbocycles. The van der Waals surface area contributed by atoms with E-state index in [1.54, 1.807) is 12.3 Å². The van der Waals surface area contributed by atoms with E-state index >= 15 is 0 Å². The van der Waals surface area contributed by atoms with Gasteiger partial charge in [0.1, 0.15) is 6.54 Å². The zero-order valence-electron chi connectivity index (χ0n) is 9.33. The molecule has 0 aliphatic carbocycles. The van der Waals surface area contributed by atoms with Crippen LogP contribution in [0.25, 0.3) is 0 Å². The number of carboxylic acid groups (broad SMARTS) is 1. The van der Waals surface area contributed by atoms with Gasteiger partial charge in [-0.3, -0.25) is 19.4 Å². The first-order valence-electron chi connectivity index (χ1n) is 5.16. The Labute approximate surface area is 102 Å². The van der Waals surface area contributed by atoms with Gasteiger partial charge in [-0.1, -0.05) is 0 Å². The van der Waals surface area contributed by atoms with Crippen LogP contribution in [-0.4, -0.2) is 37.0 Å². The van der Waals surface area contributed by atoms with Crippen molar-refractivity contribution < 1.29 is 14.7 Å². The van der Waals surface area contributed by atoms with Crippen LogP contribution in [0, 0.1) is 0 Å². The average molecular weight is 249 g/mol. The summed E-state index contributed by atoms with van der Waals surface area (Å²) in [6, 6.07) is 1.70. The molecule has 0 aliphatic heterocycles. The molecule has 2 aromatic rings. The normalized spacial score (nSPS) is 10.2. The summed E-state index contributed by atoms with van der Waals surface area (Å²) in [5.41, 5.74) is 1.16. The molecule has 2 aromatic heterocycles. The van der Waals surface area contributed by atoms with E-state index < -0.39 is 5.97 Å². The minimum absolute atomic E-state index is 0.171. The third-order valence-corrected chi connectivity index (χ3v) is 2.12. The fourth-order valence-corrected chi connectivity index (χ4v) is 1.41. The summed E-state index contributed by atoms with van der Waals surface area (Å²) in [6.45, 7) is -0.240. The molecule has 0 spiro atoms. The van der Waals surface area contributed by atoms with Crippen molar-refractivity contribution >= 4 is 17.6 Å². The molecule has 18 heavy (non-hydrogen) atoms. The lowest BCUT2D eigenvalue weighted by Gasteiger charge is -2.00. The molecule has 8 heteroatoms. The number of carbonyl (C=O) groups excluding carboxylic acids is 1. The Morgan fingerprint density at radius 1 is 1.50 bits per heavy atom. The summed E-state index contributed by atoms with van der Waals surface area (Å²) in [5, 5.41) is 21.4. The second-order valence-corrected chi connectivity index (χ2v) is 3.63. The van der Waals surface area contributed by atoms with Crippen LogP contribution in [-0.2, 0) is 22.6 Å². The number of hydrogen-bond donors (Lipinski definition) is 3. The Morgan fingerprint density at radius 2 is 2.33 bits per heavy atom. The molecule has 0 atom stereocenters. The second-order valence-electron chi connectivity index (χ2n) is 3.63. The van der Waals surface area contributed by atoms with Crippen molar-refractivity contribution in [2.45, 2.75) is 13.0 Å². The van der Waals surface area contributed by atoms with E-state index in [2.05, 4.69) is 20.6 Å². The van der Waals surface area contributed by atoms with E-state index in [0.29, 0.717) is 11.4 Å². The lowest BCUT2D eigenvalue weighted by Crippen LogP contribution is -2.14. The van der Waals surface area contributed by atoms with Crippen molar-refractivity contribution in [3.8, 4) is 0 Å². The van der Waals surface area contributed by atoms with Gasteiger partial charge in [0.25, 0.3) is 0 Å². The van der Waals surface area contributed by atoms with E-state index in [9.17, 15) is 9.59 Å². The summed E-state index contributed by atoms with van der Waals surface area (Å²) < 4.78 is 1.23. The molecule has 0 aromatic carbocycles. The van der Waals surface area contributed by atoms with Gasteiger partial charge in [0.05, 0.1) is 18.3 Å². The van der Waals surface area contributed by atoms with Crippen molar-refractivity contribution in [2.75, 3.05) is 5.32 Å². The Bertz CT molecular complexity index is 546. The SMILES string of the molecule is O=C(O)Cn1cc(NC(=O)Cc2ccn[nH]2)cn1. The van der Waals surface area contributed by atoms with Crippen LogP contribution in [0.4, 0.5) is 5.69 Å². The average Bonchev–Trinajstić information content (AvgIpc) is 2.89. The van der Waals surface area contributed by atoms with Crippen LogP contribution in [0.15, 0.2) is 24.7 Å². The highest BCUT2D eigenvalue weighted by Crippen LogP contribution is 2.05. The number of hydrogen-bond acceptors (Lipinski definition) is 4. The van der Waals surface area contributed by atoms with Gasteiger partial charge < -0.3 is 10.4 Å². The number of carboxylic acids is 1. The molecule has 1 amide bonds. The molecule has 0 unspecified atom stereocenters. The summed E-state index contributed by atoms with van der Waals surface area (Å²) in [7, 11) is 0. The third kappa shape index (κ3) is 3.17. The van der Waals surface area contributed by atoms with Crippen LogP contribution in [0.5, 0.6) is 0 Å². The number of aromatic nitrogens is 4. The topological polar surface area (TPSA) is 113 Å². The maximum absolute atomic E-state index is 11.6. The first kappa shape index (κ1) is 11.8. The Balaban J connectivity index is 1.91. The van der Waals surface area contributed by atoms with E-state index in [4.69, 9.17) is 5.11 Å². The third-order valence-electron chi connectivity index (χ3n) is 2.12. The number of aromatic amines is 1. The molecular weight excluding hydrogens is 238 g/mol. The number of aliphatic carboxylic acids is 1. The number of H-pyrrole nitrogens is 1. The van der Waals surface area contributed by atoms with E-state index in [1.807, 2.05) is 0 Å². The summed E-state index contributed by atoms with van der Waals surface area (Å²) in [5.74, 6) is -1.22. The van der Waals surface area contributed by atoms with Gasteiger partial charge in [-0.2, -0.15) is 10.2 Å². The number of amides is 1. The van der Waals surface area contributed by atoms with Crippen molar-refractivity contribution in [1.29, 1.82) is 0 Å². The Hall–Kier alpha value is -2.64. The zero-order valence-corrected chi connectivity index (χ0v) is 9.33. The van der Waals surface area contributed by atoms with Crippen LogP contribution in [0.3, 0.4) is 0 Å². The Kier molecular flexibility index (Phi) is 3.37. The monoisotopic (exact) mass is 249 g/mol. The highest BCUT2D eigenvalue weighted by atomic mass is 16.4. The van der Waals surface area contributed by atoms with Crippen molar-refractivity contribution in [3.63, 3.8) is 0 Å². The molecule has 0 saturated heterocycles. The number of anilines is 1. The first-order chi connectivity index (χ1) is 8.63. The molecule has 2 heterocycles. The first-order valence-corrected chi connectivity index (χ1v) is 5.16. The predicted octanol–water partition coefficient (Wildman–Crippen LogP) is -0.128. The molecule has 94 valence electrons. The molecule has 3 N–H and O–H groups in total. The summed E-state index contributed by atoms with van der Waals surface area (Å²) in [6.07, 6.45) is 4.59. The van der Waals surface area contributed by atoms with Gasteiger partial charge in [0, 0.05) is 18.1 Å². The van der Waals surface area contributed by atoms with Gasteiger partial charge in [-0.05, 0) is 6.07 Å². The van der Waals surface area contributed by atoms with Gasteiger partial charge >= 0.3 is 5.97 Å². The van der Waals surface area contributed by atoms with E-state index in [1.165, 1.54) is 17.1 Å². The van der Waals surface area contributed by atoms with Gasteiger partial charge in [0.2, 0.25) is 5.91 Å². The number of rotatable bonds is 5. The molecule has 2 rings (SSSR count). The van der Waals surface area contributed by atoms with Crippen molar-refractivity contribution in [3.05, 3.63) is 30.4 Å². The fourth-order valence-electron chi connectivity index (χ4n) is 1.41. The van der Waals surface area contributed by atoms with Crippen molar-refractivity contribution in [1.82, 2.24) is 20.0 Å². The number of nitrogens with one attached hydrogen (secondary N) is 2. The van der Waals surface area contributed by atoms with Crippen LogP contribution < -0.4 is 5.32 Å². The fraction of sp³-hybridized carbons (Fsp3) is 0.200. The minimum Gasteiger partial charge on any atom is -0.480 e. The van der Waals surface area contributed by atoms with Crippen LogP contribution in [0.2, 0.25) is 0 Å². The molecule has 0 radical (unpaired) electrons. The lowest BCUT2D eigenvalue weighted by atomic mass is 10.3. The lowest BCUT2D eigenvalue weighted by molar-refractivity contribution is -0.137. The van der Waals surface area contributed by atoms with E-state index in [-0.39, 0.29) is 18.9 Å². The molecular formula is C10H11N5O3. The number of carbonyl (C=O) groups is 2. The molecule has 0 aliphatic rings. The maximum atomic E-state index is 11.6. The smallest absolute Gasteiger partial charge is 0.325 e. The minimum atomic E-state index is -0.992. The standard InChI is InChI=1S/C10H11N5O3/c16-9(3-7-1-2-11-14-7)13-8-4-12-15(5-8)6-10(17)18/h1-2,4-5H,3,6H2,(H,11,14)(H,13,16)(H,17,18). The van der Waals surface area contributed by atoms with Gasteiger partial charge in [0.15, 0.2) is 0 Å². The second kappa shape index (κ2) is 5.13.